The lowest BCUT2D eigenvalue weighted by atomic mass is 9.99. The third kappa shape index (κ3) is 3.85. The van der Waals surface area contributed by atoms with Gasteiger partial charge in [0.25, 0.3) is 0 Å². The molecule has 0 aromatic heterocycles. The first-order valence-electron chi connectivity index (χ1n) is 6.07. The van der Waals surface area contributed by atoms with Crippen molar-refractivity contribution in [2.24, 2.45) is 0 Å². The van der Waals surface area contributed by atoms with Gasteiger partial charge in [-0.15, -0.1) is 0 Å². The Labute approximate surface area is 123 Å². The van der Waals surface area contributed by atoms with Crippen LogP contribution in [-0.4, -0.2) is 26.0 Å². The van der Waals surface area contributed by atoms with Crippen LogP contribution in [0, 0.1) is 0 Å². The number of hydrogen-bond acceptors (Lipinski definition) is 2. The highest BCUT2D eigenvalue weighted by Gasteiger charge is 2.50. The van der Waals surface area contributed by atoms with E-state index >= 15 is 0 Å². The molecule has 0 spiro atoms. The number of nitrogens with one attached hydrogen (secondary N) is 1. The molecule has 20 heavy (non-hydrogen) atoms. The first-order chi connectivity index (χ1) is 9.34. The SMILES string of the molecule is CCCNC(c1cc(Br)ccc1OC)C(F)(F)C(F)F. The molecular formula is C13H16BrF4NO. The molecule has 0 saturated heterocycles. The molecule has 0 saturated carbocycles. The van der Waals surface area contributed by atoms with E-state index in [1.54, 1.807) is 13.0 Å². The second-order valence-electron chi connectivity index (χ2n) is 4.25. The Kier molecular flexibility index (Phi) is 6.26. The van der Waals surface area contributed by atoms with Gasteiger partial charge < -0.3 is 10.1 Å². The van der Waals surface area contributed by atoms with Crippen molar-refractivity contribution in [3.8, 4) is 5.75 Å². The van der Waals surface area contributed by atoms with Gasteiger partial charge >= 0.3 is 12.3 Å². The minimum absolute atomic E-state index is 0.000579. The number of benzene rings is 1. The van der Waals surface area contributed by atoms with E-state index in [0.717, 1.165) is 0 Å². The maximum absolute atomic E-state index is 13.8. The van der Waals surface area contributed by atoms with E-state index in [0.29, 0.717) is 10.9 Å². The van der Waals surface area contributed by atoms with Crippen LogP contribution in [0.25, 0.3) is 0 Å². The Balaban J connectivity index is 3.26. The molecule has 0 aliphatic carbocycles. The van der Waals surface area contributed by atoms with Crippen molar-refractivity contribution in [3.63, 3.8) is 0 Å². The molecule has 114 valence electrons. The van der Waals surface area contributed by atoms with Gasteiger partial charge in [0.15, 0.2) is 0 Å². The second kappa shape index (κ2) is 7.26. The van der Waals surface area contributed by atoms with E-state index in [-0.39, 0.29) is 17.9 Å². The number of alkyl halides is 4. The van der Waals surface area contributed by atoms with E-state index in [9.17, 15) is 17.6 Å². The number of ether oxygens (including phenoxy) is 1. The van der Waals surface area contributed by atoms with Crippen LogP contribution in [0.15, 0.2) is 22.7 Å². The lowest BCUT2D eigenvalue weighted by molar-refractivity contribution is -0.151. The van der Waals surface area contributed by atoms with Crippen molar-refractivity contribution in [1.29, 1.82) is 0 Å². The molecule has 1 rings (SSSR count). The molecule has 0 fully saturated rings. The first kappa shape index (κ1) is 17.2. The molecule has 1 N–H and O–H groups in total. The first-order valence-corrected chi connectivity index (χ1v) is 6.86. The van der Waals surface area contributed by atoms with Crippen molar-refractivity contribution in [2.45, 2.75) is 31.7 Å². The number of rotatable bonds is 7. The van der Waals surface area contributed by atoms with Crippen molar-refractivity contribution < 1.29 is 22.3 Å². The lowest BCUT2D eigenvalue weighted by Crippen LogP contribution is -2.43. The largest absolute Gasteiger partial charge is 0.496 e. The highest BCUT2D eigenvalue weighted by Crippen LogP contribution is 2.41. The summed E-state index contributed by atoms with van der Waals surface area (Å²) < 4.78 is 58.4. The molecule has 1 aromatic rings. The van der Waals surface area contributed by atoms with Crippen molar-refractivity contribution in [1.82, 2.24) is 5.32 Å². The van der Waals surface area contributed by atoms with Crippen molar-refractivity contribution in [2.75, 3.05) is 13.7 Å². The van der Waals surface area contributed by atoms with Crippen LogP contribution >= 0.6 is 15.9 Å². The number of hydrogen-bond donors (Lipinski definition) is 1. The molecule has 0 aliphatic rings. The minimum Gasteiger partial charge on any atom is -0.496 e. The highest BCUT2D eigenvalue weighted by atomic mass is 79.9. The van der Waals surface area contributed by atoms with E-state index in [1.807, 2.05) is 0 Å². The van der Waals surface area contributed by atoms with Crippen LogP contribution in [0.2, 0.25) is 0 Å². The topological polar surface area (TPSA) is 21.3 Å². The summed E-state index contributed by atoms with van der Waals surface area (Å²) in [6, 6.07) is 2.61. The molecular weight excluding hydrogens is 342 g/mol. The standard InChI is InChI=1S/C13H16BrF4NO/c1-3-6-19-11(13(17,18)12(15)16)9-7-8(14)4-5-10(9)20-2/h4-5,7,11-12,19H,3,6H2,1-2H3. The molecule has 7 heteroatoms. The smallest absolute Gasteiger partial charge is 0.326 e. The van der Waals surface area contributed by atoms with Gasteiger partial charge in [0.05, 0.1) is 7.11 Å². The monoisotopic (exact) mass is 357 g/mol. The van der Waals surface area contributed by atoms with Crippen LogP contribution in [-0.2, 0) is 0 Å². The van der Waals surface area contributed by atoms with Crippen LogP contribution in [0.5, 0.6) is 5.75 Å². The third-order valence-corrected chi connectivity index (χ3v) is 3.27. The van der Waals surface area contributed by atoms with Crippen LogP contribution in [0.1, 0.15) is 24.9 Å². The predicted molar refractivity (Wildman–Crippen MR) is 72.7 cm³/mol. The fourth-order valence-corrected chi connectivity index (χ4v) is 2.18. The van der Waals surface area contributed by atoms with Crippen molar-refractivity contribution >= 4 is 15.9 Å². The van der Waals surface area contributed by atoms with Crippen molar-refractivity contribution in [3.05, 3.63) is 28.2 Å². The fraction of sp³-hybridized carbons (Fsp3) is 0.538. The van der Waals surface area contributed by atoms with E-state index in [2.05, 4.69) is 21.2 Å². The van der Waals surface area contributed by atoms with E-state index in [1.165, 1.54) is 19.2 Å². The summed E-state index contributed by atoms with van der Waals surface area (Å²) in [5, 5.41) is 2.48. The molecule has 0 radical (unpaired) electrons. The zero-order valence-corrected chi connectivity index (χ0v) is 12.7. The van der Waals surface area contributed by atoms with Gasteiger partial charge in [-0.25, -0.2) is 8.78 Å². The highest BCUT2D eigenvalue weighted by molar-refractivity contribution is 9.10. The summed E-state index contributed by atoms with van der Waals surface area (Å²) >= 11 is 3.15. The Morgan fingerprint density at radius 3 is 2.50 bits per heavy atom. The molecule has 1 unspecified atom stereocenters. The summed E-state index contributed by atoms with van der Waals surface area (Å²) in [7, 11) is 1.31. The maximum atomic E-state index is 13.8. The minimum atomic E-state index is -4.19. The van der Waals surface area contributed by atoms with Crippen LogP contribution in [0.4, 0.5) is 17.6 Å². The Bertz CT molecular complexity index is 442. The quantitative estimate of drug-likeness (QED) is 0.730. The Morgan fingerprint density at radius 2 is 2.00 bits per heavy atom. The number of halogens is 5. The molecule has 0 heterocycles. The third-order valence-electron chi connectivity index (χ3n) is 2.78. The molecule has 0 aliphatic heterocycles. The summed E-state index contributed by atoms with van der Waals surface area (Å²) in [6.07, 6.45) is -3.22. The maximum Gasteiger partial charge on any atom is 0.326 e. The zero-order valence-electron chi connectivity index (χ0n) is 11.1. The normalized spacial score (nSPS) is 13.6. The lowest BCUT2D eigenvalue weighted by Gasteiger charge is -2.28. The molecule has 1 aromatic carbocycles. The predicted octanol–water partition coefficient (Wildman–Crippen LogP) is 4.40. The Hall–Kier alpha value is -0.820. The fourth-order valence-electron chi connectivity index (χ4n) is 1.80. The molecule has 2 nitrogen and oxygen atoms in total. The van der Waals surface area contributed by atoms with Crippen LogP contribution < -0.4 is 10.1 Å². The van der Waals surface area contributed by atoms with Gasteiger partial charge in [0.2, 0.25) is 0 Å². The molecule has 0 amide bonds. The summed E-state index contributed by atoms with van der Waals surface area (Å²) in [4.78, 5) is 0. The molecule has 1 atom stereocenters. The summed E-state index contributed by atoms with van der Waals surface area (Å²) in [5.74, 6) is -4.05. The summed E-state index contributed by atoms with van der Waals surface area (Å²) in [5.41, 5.74) is 0.000579. The van der Waals surface area contributed by atoms with Crippen LogP contribution in [0.3, 0.4) is 0 Å². The van der Waals surface area contributed by atoms with Gasteiger partial charge in [0.1, 0.15) is 11.8 Å². The average molecular weight is 358 g/mol. The van der Waals surface area contributed by atoms with Gasteiger partial charge in [-0.1, -0.05) is 22.9 Å². The number of methoxy groups -OCH3 is 1. The molecule has 0 bridgehead atoms. The van der Waals surface area contributed by atoms with Gasteiger partial charge in [-0.2, -0.15) is 8.78 Å². The average Bonchev–Trinajstić information content (AvgIpc) is 2.39. The van der Waals surface area contributed by atoms with E-state index < -0.39 is 18.4 Å². The second-order valence-corrected chi connectivity index (χ2v) is 5.16. The van der Waals surface area contributed by atoms with Gasteiger partial charge in [-0.3, -0.25) is 0 Å². The zero-order chi connectivity index (χ0) is 15.3. The van der Waals surface area contributed by atoms with Gasteiger partial charge in [-0.05, 0) is 31.2 Å². The summed E-state index contributed by atoms with van der Waals surface area (Å²) in [6.45, 7) is 1.96. The van der Waals surface area contributed by atoms with E-state index in [4.69, 9.17) is 4.74 Å². The van der Waals surface area contributed by atoms with Gasteiger partial charge in [0, 0.05) is 10.0 Å². The Morgan fingerprint density at radius 1 is 1.35 bits per heavy atom.